The van der Waals surface area contributed by atoms with E-state index >= 15 is 0 Å². The third-order valence-corrected chi connectivity index (χ3v) is 4.13. The smallest absolute Gasteiger partial charge is 0.123 e. The van der Waals surface area contributed by atoms with Gasteiger partial charge in [0.25, 0.3) is 0 Å². The second kappa shape index (κ2) is 9.57. The van der Waals surface area contributed by atoms with Gasteiger partial charge in [-0.1, -0.05) is 19.1 Å². The highest BCUT2D eigenvalue weighted by molar-refractivity contribution is 5.18. The normalized spacial score (nSPS) is 12.7. The molecule has 4 nitrogen and oxygen atoms in total. The molecule has 1 aromatic carbocycles. The van der Waals surface area contributed by atoms with Crippen molar-refractivity contribution in [1.82, 2.24) is 9.47 Å². The molecule has 132 valence electrons. The van der Waals surface area contributed by atoms with Crippen molar-refractivity contribution in [1.29, 1.82) is 0 Å². The first-order valence-electron chi connectivity index (χ1n) is 8.40. The van der Waals surface area contributed by atoms with Crippen molar-refractivity contribution in [3.05, 3.63) is 59.7 Å². The number of benzene rings is 1. The number of ether oxygens (including phenoxy) is 1. The lowest BCUT2D eigenvalue weighted by atomic mass is 10.2. The second-order valence-electron chi connectivity index (χ2n) is 6.04. The van der Waals surface area contributed by atoms with Crippen LogP contribution in [0.1, 0.15) is 24.6 Å². The van der Waals surface area contributed by atoms with Crippen molar-refractivity contribution in [2.75, 3.05) is 26.8 Å². The van der Waals surface area contributed by atoms with Gasteiger partial charge in [0.2, 0.25) is 0 Å². The van der Waals surface area contributed by atoms with E-state index in [4.69, 9.17) is 4.74 Å². The van der Waals surface area contributed by atoms with Gasteiger partial charge in [-0.2, -0.15) is 0 Å². The molecule has 24 heavy (non-hydrogen) atoms. The Morgan fingerprint density at radius 2 is 2.00 bits per heavy atom. The van der Waals surface area contributed by atoms with E-state index in [0.29, 0.717) is 19.7 Å². The second-order valence-corrected chi connectivity index (χ2v) is 6.04. The van der Waals surface area contributed by atoms with E-state index in [1.807, 2.05) is 31.3 Å². The Hall–Kier alpha value is -1.69. The first-order chi connectivity index (χ1) is 11.6. The lowest BCUT2D eigenvalue weighted by molar-refractivity contribution is 0.0818. The maximum Gasteiger partial charge on any atom is 0.123 e. The van der Waals surface area contributed by atoms with E-state index in [2.05, 4.69) is 15.5 Å². The van der Waals surface area contributed by atoms with Crippen LogP contribution < -0.4 is 0 Å². The molecular formula is C19H27FN2O2. The van der Waals surface area contributed by atoms with Gasteiger partial charge in [-0.05, 0) is 36.2 Å². The maximum absolute atomic E-state index is 13.0. The molecule has 0 spiro atoms. The molecule has 5 heteroatoms. The van der Waals surface area contributed by atoms with Crippen LogP contribution in [0.3, 0.4) is 0 Å². The average molecular weight is 334 g/mol. The molecule has 0 aliphatic carbocycles. The number of aromatic nitrogens is 1. The van der Waals surface area contributed by atoms with Crippen LogP contribution in [-0.4, -0.2) is 47.5 Å². The molecule has 2 aromatic rings. The lowest BCUT2D eigenvalue weighted by Crippen LogP contribution is -2.34. The Balaban J connectivity index is 2.04. The fraction of sp³-hybridized carbons (Fsp3) is 0.474. The standard InChI is InChI=1S/C19H27FN2O2/c1-3-19(23)15-21(11-12-24-2)14-18-5-4-10-22(18)13-16-6-8-17(20)9-7-16/h4-10,19,23H,3,11-15H2,1-2H3/t19-/m0/s1. The highest BCUT2D eigenvalue weighted by Crippen LogP contribution is 2.12. The van der Waals surface area contributed by atoms with Crippen molar-refractivity contribution in [2.24, 2.45) is 0 Å². The predicted octanol–water partition coefficient (Wildman–Crippen LogP) is 2.89. The molecule has 1 aromatic heterocycles. The Morgan fingerprint density at radius 3 is 2.67 bits per heavy atom. The third-order valence-electron chi connectivity index (χ3n) is 4.13. The van der Waals surface area contributed by atoms with Gasteiger partial charge in [-0.15, -0.1) is 0 Å². The monoisotopic (exact) mass is 334 g/mol. The van der Waals surface area contributed by atoms with Crippen LogP contribution >= 0.6 is 0 Å². The zero-order valence-electron chi connectivity index (χ0n) is 14.5. The minimum absolute atomic E-state index is 0.217. The van der Waals surface area contributed by atoms with Crippen LogP contribution in [0.5, 0.6) is 0 Å². The Bertz CT molecular complexity index is 598. The summed E-state index contributed by atoms with van der Waals surface area (Å²) in [4.78, 5) is 2.20. The van der Waals surface area contributed by atoms with Crippen LogP contribution in [0.4, 0.5) is 4.39 Å². The summed E-state index contributed by atoms with van der Waals surface area (Å²) in [7, 11) is 1.69. The molecule has 0 fully saturated rings. The molecule has 2 rings (SSSR count). The number of hydrogen-bond acceptors (Lipinski definition) is 3. The molecule has 0 aliphatic rings. The van der Waals surface area contributed by atoms with E-state index in [9.17, 15) is 9.50 Å². The Kier molecular flexibility index (Phi) is 7.43. The SMILES string of the molecule is CC[C@H](O)CN(CCOC)Cc1cccn1Cc1ccc(F)cc1. The Morgan fingerprint density at radius 1 is 1.25 bits per heavy atom. The van der Waals surface area contributed by atoms with Gasteiger partial charge in [0.1, 0.15) is 5.82 Å². The summed E-state index contributed by atoms with van der Waals surface area (Å²) in [5.41, 5.74) is 2.23. The maximum atomic E-state index is 13.0. The quantitative estimate of drug-likeness (QED) is 0.726. The fourth-order valence-corrected chi connectivity index (χ4v) is 2.65. The largest absolute Gasteiger partial charge is 0.392 e. The number of hydrogen-bond donors (Lipinski definition) is 1. The molecule has 0 bridgehead atoms. The molecular weight excluding hydrogens is 307 g/mol. The number of rotatable bonds is 10. The first-order valence-corrected chi connectivity index (χ1v) is 8.40. The van der Waals surface area contributed by atoms with E-state index in [1.165, 1.54) is 17.8 Å². The minimum atomic E-state index is -0.331. The average Bonchev–Trinajstić information content (AvgIpc) is 3.01. The summed E-state index contributed by atoms with van der Waals surface area (Å²) >= 11 is 0. The molecule has 1 N–H and O–H groups in total. The highest BCUT2D eigenvalue weighted by atomic mass is 19.1. The number of halogens is 1. The number of aliphatic hydroxyl groups excluding tert-OH is 1. The summed E-state index contributed by atoms with van der Waals surface area (Å²) in [6.07, 6.45) is 2.44. The summed E-state index contributed by atoms with van der Waals surface area (Å²) in [6.45, 7) is 5.47. The number of nitrogens with zero attached hydrogens (tertiary/aromatic N) is 2. The van der Waals surface area contributed by atoms with Crippen LogP contribution in [0, 0.1) is 5.82 Å². The van der Waals surface area contributed by atoms with Crippen molar-refractivity contribution < 1.29 is 14.2 Å². The minimum Gasteiger partial charge on any atom is -0.392 e. The van der Waals surface area contributed by atoms with Gasteiger partial charge in [-0.3, -0.25) is 4.90 Å². The highest BCUT2D eigenvalue weighted by Gasteiger charge is 2.13. The first kappa shape index (κ1) is 18.6. The van der Waals surface area contributed by atoms with Crippen LogP contribution in [-0.2, 0) is 17.8 Å². The van der Waals surface area contributed by atoms with Crippen LogP contribution in [0.15, 0.2) is 42.6 Å². The van der Waals surface area contributed by atoms with Gasteiger partial charge < -0.3 is 14.4 Å². The zero-order chi connectivity index (χ0) is 17.4. The van der Waals surface area contributed by atoms with Gasteiger partial charge in [-0.25, -0.2) is 4.39 Å². The fourth-order valence-electron chi connectivity index (χ4n) is 2.65. The van der Waals surface area contributed by atoms with E-state index < -0.39 is 0 Å². The Labute approximate surface area is 143 Å². The number of aliphatic hydroxyl groups is 1. The van der Waals surface area contributed by atoms with Gasteiger partial charge in [0.05, 0.1) is 12.7 Å². The summed E-state index contributed by atoms with van der Waals surface area (Å²) < 4.78 is 20.4. The van der Waals surface area contributed by atoms with Crippen LogP contribution in [0.2, 0.25) is 0 Å². The summed E-state index contributed by atoms with van der Waals surface area (Å²) in [5.74, 6) is -0.217. The van der Waals surface area contributed by atoms with Gasteiger partial charge >= 0.3 is 0 Å². The van der Waals surface area contributed by atoms with Crippen molar-refractivity contribution >= 4 is 0 Å². The molecule has 0 aliphatic heterocycles. The van der Waals surface area contributed by atoms with E-state index in [0.717, 1.165) is 25.1 Å². The predicted molar refractivity (Wildman–Crippen MR) is 93.4 cm³/mol. The molecule has 0 radical (unpaired) electrons. The topological polar surface area (TPSA) is 37.6 Å². The molecule has 0 saturated heterocycles. The summed E-state index contributed by atoms with van der Waals surface area (Å²) in [6, 6.07) is 10.7. The van der Waals surface area contributed by atoms with Gasteiger partial charge in [0, 0.05) is 45.2 Å². The molecule has 0 saturated carbocycles. The van der Waals surface area contributed by atoms with Crippen molar-refractivity contribution in [2.45, 2.75) is 32.5 Å². The van der Waals surface area contributed by atoms with Crippen molar-refractivity contribution in [3.63, 3.8) is 0 Å². The molecule has 1 atom stereocenters. The number of methoxy groups -OCH3 is 1. The van der Waals surface area contributed by atoms with Gasteiger partial charge in [0.15, 0.2) is 0 Å². The third kappa shape index (κ3) is 5.74. The van der Waals surface area contributed by atoms with Crippen LogP contribution in [0.25, 0.3) is 0 Å². The molecule has 1 heterocycles. The molecule has 0 amide bonds. The molecule has 0 unspecified atom stereocenters. The lowest BCUT2D eigenvalue weighted by Gasteiger charge is -2.25. The van der Waals surface area contributed by atoms with E-state index in [-0.39, 0.29) is 11.9 Å². The summed E-state index contributed by atoms with van der Waals surface area (Å²) in [5, 5.41) is 9.96. The van der Waals surface area contributed by atoms with E-state index in [1.54, 1.807) is 7.11 Å². The van der Waals surface area contributed by atoms with Crippen molar-refractivity contribution in [3.8, 4) is 0 Å². The zero-order valence-corrected chi connectivity index (χ0v) is 14.5.